The highest BCUT2D eigenvalue weighted by atomic mass is 16.3. The van der Waals surface area contributed by atoms with Gasteiger partial charge in [0.1, 0.15) is 0 Å². The molecule has 0 aliphatic carbocycles. The summed E-state index contributed by atoms with van der Waals surface area (Å²) in [6.07, 6.45) is 4.11. The molecule has 0 saturated carbocycles. The van der Waals surface area contributed by atoms with Gasteiger partial charge in [0.05, 0.1) is 6.10 Å². The van der Waals surface area contributed by atoms with Crippen molar-refractivity contribution >= 4 is 5.69 Å². The Kier molecular flexibility index (Phi) is 3.04. The second-order valence-electron chi connectivity index (χ2n) is 5.76. The SMILES string of the molecule is C[C@H](N)c1ccccc1N1C2CCC1CC(O)C2. The van der Waals surface area contributed by atoms with E-state index in [1.54, 1.807) is 0 Å². The van der Waals surface area contributed by atoms with Gasteiger partial charge in [0.2, 0.25) is 0 Å². The molecule has 0 radical (unpaired) electrons. The van der Waals surface area contributed by atoms with Crippen molar-refractivity contribution in [3.8, 4) is 0 Å². The molecule has 1 aromatic carbocycles. The van der Waals surface area contributed by atoms with E-state index in [4.69, 9.17) is 5.73 Å². The number of fused-ring (bicyclic) bond motifs is 2. The van der Waals surface area contributed by atoms with Gasteiger partial charge in [0.15, 0.2) is 0 Å². The van der Waals surface area contributed by atoms with Crippen LogP contribution in [0.1, 0.15) is 44.2 Å². The molecular weight excluding hydrogens is 224 g/mol. The predicted molar refractivity (Wildman–Crippen MR) is 73.6 cm³/mol. The minimum atomic E-state index is -0.110. The van der Waals surface area contributed by atoms with E-state index in [1.807, 2.05) is 6.92 Å². The molecule has 2 fully saturated rings. The lowest BCUT2D eigenvalue weighted by molar-refractivity contribution is 0.126. The molecule has 2 aliphatic rings. The van der Waals surface area contributed by atoms with Crippen molar-refractivity contribution in [1.82, 2.24) is 0 Å². The summed E-state index contributed by atoms with van der Waals surface area (Å²) in [7, 11) is 0. The van der Waals surface area contributed by atoms with Gasteiger partial charge in [-0.15, -0.1) is 0 Å². The third kappa shape index (κ3) is 1.91. The summed E-state index contributed by atoms with van der Waals surface area (Å²) in [6.45, 7) is 2.04. The summed E-state index contributed by atoms with van der Waals surface area (Å²) in [5.74, 6) is 0. The standard InChI is InChI=1S/C15H22N2O/c1-10(16)14-4-2-3-5-15(14)17-11-6-7-12(17)9-13(18)8-11/h2-5,10-13,18H,6-9,16H2,1H3/t10-,11?,12?,13?/m0/s1. The first-order valence-corrected chi connectivity index (χ1v) is 6.97. The fourth-order valence-corrected chi connectivity index (χ4v) is 3.65. The Labute approximate surface area is 109 Å². The molecule has 0 amide bonds. The van der Waals surface area contributed by atoms with Gasteiger partial charge in [-0.3, -0.25) is 0 Å². The van der Waals surface area contributed by atoms with E-state index >= 15 is 0 Å². The molecular formula is C15H22N2O. The summed E-state index contributed by atoms with van der Waals surface area (Å²) in [6, 6.07) is 9.52. The van der Waals surface area contributed by atoms with Crippen molar-refractivity contribution in [2.45, 2.75) is 56.8 Å². The number of nitrogens with two attached hydrogens (primary N) is 1. The van der Waals surface area contributed by atoms with Gasteiger partial charge in [0, 0.05) is 23.8 Å². The fourth-order valence-electron chi connectivity index (χ4n) is 3.65. The number of aliphatic hydroxyl groups is 1. The summed E-state index contributed by atoms with van der Waals surface area (Å²) < 4.78 is 0. The van der Waals surface area contributed by atoms with Gasteiger partial charge < -0.3 is 15.7 Å². The lowest BCUT2D eigenvalue weighted by Gasteiger charge is -2.40. The molecule has 2 bridgehead atoms. The molecule has 2 heterocycles. The van der Waals surface area contributed by atoms with Crippen molar-refractivity contribution in [2.75, 3.05) is 4.90 Å². The molecule has 2 saturated heterocycles. The number of nitrogens with zero attached hydrogens (tertiary/aromatic N) is 1. The van der Waals surface area contributed by atoms with Gasteiger partial charge in [-0.05, 0) is 44.2 Å². The largest absolute Gasteiger partial charge is 0.393 e. The minimum absolute atomic E-state index is 0.0625. The molecule has 2 aliphatic heterocycles. The predicted octanol–water partition coefficient (Wildman–Crippen LogP) is 2.20. The maximum absolute atomic E-state index is 9.88. The number of aliphatic hydroxyl groups excluding tert-OH is 1. The van der Waals surface area contributed by atoms with Crippen LogP contribution in [0.3, 0.4) is 0 Å². The second-order valence-corrected chi connectivity index (χ2v) is 5.76. The minimum Gasteiger partial charge on any atom is -0.393 e. The van der Waals surface area contributed by atoms with Crippen LogP contribution in [-0.2, 0) is 0 Å². The molecule has 2 unspecified atom stereocenters. The van der Waals surface area contributed by atoms with Crippen LogP contribution in [0.4, 0.5) is 5.69 Å². The number of piperidine rings is 1. The van der Waals surface area contributed by atoms with Crippen molar-refractivity contribution in [3.05, 3.63) is 29.8 Å². The van der Waals surface area contributed by atoms with Crippen LogP contribution in [0.2, 0.25) is 0 Å². The van der Waals surface area contributed by atoms with Gasteiger partial charge in [-0.2, -0.15) is 0 Å². The number of rotatable bonds is 2. The van der Waals surface area contributed by atoms with Gasteiger partial charge in [-0.1, -0.05) is 18.2 Å². The molecule has 1 aromatic rings. The second kappa shape index (κ2) is 4.56. The molecule has 3 N–H and O–H groups in total. The molecule has 0 aromatic heterocycles. The first kappa shape index (κ1) is 12.0. The van der Waals surface area contributed by atoms with E-state index in [0.717, 1.165) is 12.8 Å². The van der Waals surface area contributed by atoms with Crippen LogP contribution in [0.25, 0.3) is 0 Å². The van der Waals surface area contributed by atoms with Crippen LogP contribution in [0.15, 0.2) is 24.3 Å². The van der Waals surface area contributed by atoms with Crippen molar-refractivity contribution in [3.63, 3.8) is 0 Å². The highest BCUT2D eigenvalue weighted by Gasteiger charge is 2.40. The smallest absolute Gasteiger partial charge is 0.0579 e. The Morgan fingerprint density at radius 2 is 1.83 bits per heavy atom. The summed E-state index contributed by atoms with van der Waals surface area (Å²) >= 11 is 0. The fraction of sp³-hybridized carbons (Fsp3) is 0.600. The average Bonchev–Trinajstić information content (AvgIpc) is 2.61. The number of para-hydroxylation sites is 1. The average molecular weight is 246 g/mol. The Morgan fingerprint density at radius 3 is 2.44 bits per heavy atom. The van der Waals surface area contributed by atoms with Crippen LogP contribution >= 0.6 is 0 Å². The lowest BCUT2D eigenvalue weighted by atomic mass is 9.96. The Morgan fingerprint density at radius 1 is 1.22 bits per heavy atom. The summed E-state index contributed by atoms with van der Waals surface area (Å²) in [5.41, 5.74) is 8.60. The molecule has 18 heavy (non-hydrogen) atoms. The number of hydrogen-bond donors (Lipinski definition) is 2. The van der Waals surface area contributed by atoms with Crippen LogP contribution in [0, 0.1) is 0 Å². The Bertz CT molecular complexity index is 418. The number of hydrogen-bond acceptors (Lipinski definition) is 3. The first-order chi connectivity index (χ1) is 8.66. The molecule has 3 rings (SSSR count). The summed E-state index contributed by atoms with van der Waals surface area (Å²) in [5, 5.41) is 9.88. The van der Waals surface area contributed by atoms with E-state index in [-0.39, 0.29) is 12.1 Å². The third-order valence-electron chi connectivity index (χ3n) is 4.41. The highest BCUT2D eigenvalue weighted by Crippen LogP contribution is 2.41. The maximum Gasteiger partial charge on any atom is 0.0579 e. The van der Waals surface area contributed by atoms with E-state index in [9.17, 15) is 5.11 Å². The molecule has 0 spiro atoms. The zero-order chi connectivity index (χ0) is 12.7. The number of anilines is 1. The van der Waals surface area contributed by atoms with Gasteiger partial charge in [0.25, 0.3) is 0 Å². The molecule has 3 heteroatoms. The van der Waals surface area contributed by atoms with Gasteiger partial charge >= 0.3 is 0 Å². The first-order valence-electron chi connectivity index (χ1n) is 6.97. The van der Waals surface area contributed by atoms with Crippen LogP contribution < -0.4 is 10.6 Å². The van der Waals surface area contributed by atoms with E-state index in [0.29, 0.717) is 12.1 Å². The van der Waals surface area contributed by atoms with Crippen molar-refractivity contribution in [2.24, 2.45) is 5.73 Å². The van der Waals surface area contributed by atoms with E-state index < -0.39 is 0 Å². The molecule has 98 valence electrons. The van der Waals surface area contributed by atoms with Crippen molar-refractivity contribution in [1.29, 1.82) is 0 Å². The number of benzene rings is 1. The topological polar surface area (TPSA) is 49.5 Å². The van der Waals surface area contributed by atoms with Gasteiger partial charge in [-0.25, -0.2) is 0 Å². The molecule has 3 nitrogen and oxygen atoms in total. The monoisotopic (exact) mass is 246 g/mol. The Hall–Kier alpha value is -1.06. The van der Waals surface area contributed by atoms with Crippen LogP contribution in [0.5, 0.6) is 0 Å². The van der Waals surface area contributed by atoms with E-state index in [1.165, 1.54) is 24.1 Å². The Balaban J connectivity index is 1.96. The van der Waals surface area contributed by atoms with Crippen molar-refractivity contribution < 1.29 is 5.11 Å². The summed E-state index contributed by atoms with van der Waals surface area (Å²) in [4.78, 5) is 2.52. The molecule has 3 atom stereocenters. The zero-order valence-corrected chi connectivity index (χ0v) is 10.9. The van der Waals surface area contributed by atoms with E-state index in [2.05, 4.69) is 29.2 Å². The zero-order valence-electron chi connectivity index (χ0n) is 10.9. The maximum atomic E-state index is 9.88. The lowest BCUT2D eigenvalue weighted by Crippen LogP contribution is -2.45. The normalized spacial score (nSPS) is 32.6. The highest BCUT2D eigenvalue weighted by molar-refractivity contribution is 5.57. The quantitative estimate of drug-likeness (QED) is 0.841. The third-order valence-corrected chi connectivity index (χ3v) is 4.41. The van der Waals surface area contributed by atoms with Crippen LogP contribution in [-0.4, -0.2) is 23.3 Å².